The third-order valence-electron chi connectivity index (χ3n) is 2.22. The zero-order valence-electron chi connectivity index (χ0n) is 8.94. The molecule has 0 radical (unpaired) electrons. The molecule has 15 heavy (non-hydrogen) atoms. The Balaban J connectivity index is 1.90. The molecule has 1 rings (SSSR count). The van der Waals surface area contributed by atoms with Gasteiger partial charge in [-0.1, -0.05) is 0 Å². The predicted octanol–water partition coefficient (Wildman–Crippen LogP) is -0.319. The monoisotopic (exact) mass is 236 g/mol. The molecule has 1 aliphatic carbocycles. The lowest BCUT2D eigenvalue weighted by atomic mass is 10.4. The van der Waals surface area contributed by atoms with Gasteiger partial charge in [-0.3, -0.25) is 0 Å². The molecule has 0 spiro atoms. The first-order chi connectivity index (χ1) is 7.14. The lowest BCUT2D eigenvalue weighted by Crippen LogP contribution is -2.31. The van der Waals surface area contributed by atoms with Gasteiger partial charge in [0.25, 0.3) is 0 Å². The van der Waals surface area contributed by atoms with Crippen molar-refractivity contribution in [3.63, 3.8) is 0 Å². The Bertz CT molecular complexity index is 263. The molecule has 90 valence electrons. The number of nitrogens with two attached hydrogens (primary N) is 1. The molecule has 0 unspecified atom stereocenters. The third kappa shape index (κ3) is 6.83. The van der Waals surface area contributed by atoms with Crippen molar-refractivity contribution in [1.29, 1.82) is 0 Å². The van der Waals surface area contributed by atoms with Gasteiger partial charge in [0, 0.05) is 26.3 Å². The quantitative estimate of drug-likeness (QED) is 0.538. The van der Waals surface area contributed by atoms with Gasteiger partial charge < -0.3 is 10.5 Å². The fourth-order valence-corrected chi connectivity index (χ4v) is 2.07. The summed E-state index contributed by atoms with van der Waals surface area (Å²) < 4.78 is 30.1. The van der Waals surface area contributed by atoms with E-state index in [0.29, 0.717) is 13.2 Å². The number of hydrogen-bond acceptors (Lipinski definition) is 4. The molecule has 0 atom stereocenters. The summed E-state index contributed by atoms with van der Waals surface area (Å²) in [5.74, 6) is 0.759. The molecule has 6 heteroatoms. The molecule has 1 aliphatic rings. The Labute approximate surface area is 91.4 Å². The van der Waals surface area contributed by atoms with Crippen LogP contribution in [0.3, 0.4) is 0 Å². The summed E-state index contributed by atoms with van der Waals surface area (Å²) in [7, 11) is -3.15. The summed E-state index contributed by atoms with van der Waals surface area (Å²) in [6.07, 6.45) is 3.28. The highest BCUT2D eigenvalue weighted by molar-refractivity contribution is 7.89. The first-order valence-electron chi connectivity index (χ1n) is 5.39. The average Bonchev–Trinajstić information content (AvgIpc) is 2.94. The summed E-state index contributed by atoms with van der Waals surface area (Å²) in [6, 6.07) is 0. The molecular weight excluding hydrogens is 216 g/mol. The lowest BCUT2D eigenvalue weighted by Gasteiger charge is -2.05. The van der Waals surface area contributed by atoms with Crippen LogP contribution in [0.2, 0.25) is 0 Å². The Morgan fingerprint density at radius 2 is 2.13 bits per heavy atom. The SMILES string of the molecule is NCCS(=O)(=O)NCCCOCC1CC1. The van der Waals surface area contributed by atoms with Crippen molar-refractivity contribution < 1.29 is 13.2 Å². The molecule has 0 bridgehead atoms. The molecule has 3 N–H and O–H groups in total. The molecule has 1 saturated carbocycles. The van der Waals surface area contributed by atoms with Crippen molar-refractivity contribution in [2.24, 2.45) is 11.7 Å². The second kappa shape index (κ2) is 6.42. The van der Waals surface area contributed by atoms with Crippen LogP contribution >= 0.6 is 0 Å². The predicted molar refractivity (Wildman–Crippen MR) is 59.0 cm³/mol. The van der Waals surface area contributed by atoms with Crippen molar-refractivity contribution in [3.8, 4) is 0 Å². The van der Waals surface area contributed by atoms with Crippen molar-refractivity contribution in [1.82, 2.24) is 4.72 Å². The van der Waals surface area contributed by atoms with Crippen LogP contribution < -0.4 is 10.5 Å². The van der Waals surface area contributed by atoms with E-state index in [1.807, 2.05) is 0 Å². The highest BCUT2D eigenvalue weighted by atomic mass is 32.2. The molecule has 0 aromatic heterocycles. The van der Waals surface area contributed by atoms with E-state index in [1.165, 1.54) is 12.8 Å². The van der Waals surface area contributed by atoms with Crippen molar-refractivity contribution >= 4 is 10.0 Å². The zero-order chi connectivity index (χ0) is 11.1. The van der Waals surface area contributed by atoms with Crippen LogP contribution in [-0.2, 0) is 14.8 Å². The molecule has 5 nitrogen and oxygen atoms in total. The van der Waals surface area contributed by atoms with Gasteiger partial charge in [-0.25, -0.2) is 13.1 Å². The number of nitrogens with one attached hydrogen (secondary N) is 1. The Hall–Kier alpha value is -0.170. The smallest absolute Gasteiger partial charge is 0.212 e. The Morgan fingerprint density at radius 3 is 2.73 bits per heavy atom. The Morgan fingerprint density at radius 1 is 1.40 bits per heavy atom. The van der Waals surface area contributed by atoms with E-state index >= 15 is 0 Å². The normalized spacial score (nSPS) is 16.9. The lowest BCUT2D eigenvalue weighted by molar-refractivity contribution is 0.123. The summed E-state index contributed by atoms with van der Waals surface area (Å²) in [5, 5.41) is 0. The van der Waals surface area contributed by atoms with Gasteiger partial charge in [0.2, 0.25) is 10.0 Å². The molecule has 0 aliphatic heterocycles. The highest BCUT2D eigenvalue weighted by Gasteiger charge is 2.20. The van der Waals surface area contributed by atoms with Crippen LogP contribution in [-0.4, -0.2) is 40.5 Å². The molecule has 0 heterocycles. The van der Waals surface area contributed by atoms with E-state index in [9.17, 15) is 8.42 Å². The fourth-order valence-electron chi connectivity index (χ4n) is 1.16. The maximum absolute atomic E-state index is 11.1. The van der Waals surface area contributed by atoms with Gasteiger partial charge in [-0.2, -0.15) is 0 Å². The second-order valence-corrected chi connectivity index (χ2v) is 5.80. The van der Waals surface area contributed by atoms with E-state index in [4.69, 9.17) is 10.5 Å². The minimum Gasteiger partial charge on any atom is -0.381 e. The Kier molecular flexibility index (Phi) is 5.52. The maximum atomic E-state index is 11.1. The minimum absolute atomic E-state index is 0.00404. The van der Waals surface area contributed by atoms with E-state index in [1.54, 1.807) is 0 Å². The summed E-state index contributed by atoms with van der Waals surface area (Å²) in [5.41, 5.74) is 5.16. The van der Waals surface area contributed by atoms with Gasteiger partial charge in [0.15, 0.2) is 0 Å². The first kappa shape index (κ1) is 12.9. The van der Waals surface area contributed by atoms with E-state index < -0.39 is 10.0 Å². The van der Waals surface area contributed by atoms with Gasteiger partial charge in [0.05, 0.1) is 5.75 Å². The van der Waals surface area contributed by atoms with Crippen molar-refractivity contribution in [2.45, 2.75) is 19.3 Å². The third-order valence-corrected chi connectivity index (χ3v) is 3.64. The second-order valence-electron chi connectivity index (χ2n) is 3.87. The molecular formula is C9H20N2O3S. The van der Waals surface area contributed by atoms with Gasteiger partial charge in [-0.05, 0) is 25.2 Å². The first-order valence-corrected chi connectivity index (χ1v) is 7.04. The largest absolute Gasteiger partial charge is 0.381 e. The number of hydrogen-bond donors (Lipinski definition) is 2. The van der Waals surface area contributed by atoms with Crippen LogP contribution in [0.5, 0.6) is 0 Å². The summed E-state index contributed by atoms with van der Waals surface area (Å²) >= 11 is 0. The zero-order valence-corrected chi connectivity index (χ0v) is 9.76. The fraction of sp³-hybridized carbons (Fsp3) is 1.00. The highest BCUT2D eigenvalue weighted by Crippen LogP contribution is 2.28. The molecule has 1 fully saturated rings. The number of sulfonamides is 1. The van der Waals surface area contributed by atoms with Crippen LogP contribution in [0, 0.1) is 5.92 Å². The van der Waals surface area contributed by atoms with Crippen LogP contribution in [0.1, 0.15) is 19.3 Å². The van der Waals surface area contributed by atoms with E-state index in [0.717, 1.165) is 18.9 Å². The van der Waals surface area contributed by atoms with E-state index in [2.05, 4.69) is 4.72 Å². The maximum Gasteiger partial charge on any atom is 0.212 e. The topological polar surface area (TPSA) is 81.4 Å². The average molecular weight is 236 g/mol. The van der Waals surface area contributed by atoms with Crippen LogP contribution in [0.4, 0.5) is 0 Å². The van der Waals surface area contributed by atoms with Crippen molar-refractivity contribution in [3.05, 3.63) is 0 Å². The molecule has 0 amide bonds. The molecule has 0 saturated heterocycles. The number of rotatable bonds is 9. The van der Waals surface area contributed by atoms with Gasteiger partial charge in [-0.15, -0.1) is 0 Å². The minimum atomic E-state index is -3.15. The van der Waals surface area contributed by atoms with Gasteiger partial charge >= 0.3 is 0 Å². The van der Waals surface area contributed by atoms with Gasteiger partial charge in [0.1, 0.15) is 0 Å². The summed E-state index contributed by atoms with van der Waals surface area (Å²) in [6.45, 7) is 2.05. The molecule has 0 aromatic carbocycles. The van der Waals surface area contributed by atoms with Crippen LogP contribution in [0.25, 0.3) is 0 Å². The van der Waals surface area contributed by atoms with E-state index in [-0.39, 0.29) is 12.3 Å². The number of ether oxygens (including phenoxy) is 1. The molecule has 0 aromatic rings. The van der Waals surface area contributed by atoms with Crippen LogP contribution in [0.15, 0.2) is 0 Å². The van der Waals surface area contributed by atoms with Crippen molar-refractivity contribution in [2.75, 3.05) is 32.1 Å². The standard InChI is InChI=1S/C9H20N2O3S/c10-4-7-15(12,13)11-5-1-6-14-8-9-2-3-9/h9,11H,1-8,10H2. The summed E-state index contributed by atoms with van der Waals surface area (Å²) in [4.78, 5) is 0.